The predicted molar refractivity (Wildman–Crippen MR) is 104 cm³/mol. The molecule has 0 radical (unpaired) electrons. The normalized spacial score (nSPS) is 10.7. The van der Waals surface area contributed by atoms with E-state index >= 15 is 0 Å². The first-order chi connectivity index (χ1) is 13.0. The highest BCUT2D eigenvalue weighted by Crippen LogP contribution is 2.27. The van der Waals surface area contributed by atoms with Crippen molar-refractivity contribution in [2.24, 2.45) is 5.10 Å². The number of phenols is 1. The Labute approximate surface area is 159 Å². The van der Waals surface area contributed by atoms with Crippen molar-refractivity contribution >= 4 is 23.8 Å². The van der Waals surface area contributed by atoms with Gasteiger partial charge in [0.2, 0.25) is 5.95 Å². The third-order valence-corrected chi connectivity index (χ3v) is 4.26. The van der Waals surface area contributed by atoms with Gasteiger partial charge in [0.15, 0.2) is 0 Å². The molecule has 0 aliphatic heterocycles. The number of benzene rings is 2. The molecule has 2 aromatic carbocycles. The standard InChI is InChI=1S/C19H14ClN5O2/c1-11-15(20)8-7-13(17(11)26)10-22-25-19-23-16(12-5-3-2-4-6-12)14(9-21)18(27)24-19/h2-8,10,26H,1H3,(H2,23,24,25,27). The van der Waals surface area contributed by atoms with E-state index in [0.29, 0.717) is 21.7 Å². The summed E-state index contributed by atoms with van der Waals surface area (Å²) in [5.41, 5.74) is 3.83. The van der Waals surface area contributed by atoms with Crippen LogP contribution in [0.4, 0.5) is 5.95 Å². The van der Waals surface area contributed by atoms with Crippen LogP contribution in [0, 0.1) is 18.3 Å². The number of phenolic OH excluding ortho intramolecular Hbond substituents is 1. The Morgan fingerprint density at radius 1 is 1.30 bits per heavy atom. The van der Waals surface area contributed by atoms with Gasteiger partial charge in [-0.25, -0.2) is 10.4 Å². The smallest absolute Gasteiger partial charge is 0.270 e. The summed E-state index contributed by atoms with van der Waals surface area (Å²) in [4.78, 5) is 18.9. The first kappa shape index (κ1) is 18.2. The van der Waals surface area contributed by atoms with E-state index < -0.39 is 5.56 Å². The Morgan fingerprint density at radius 3 is 2.74 bits per heavy atom. The topological polar surface area (TPSA) is 114 Å². The lowest BCUT2D eigenvalue weighted by molar-refractivity contribution is 0.470. The molecule has 0 aliphatic rings. The molecule has 0 aliphatic carbocycles. The molecule has 0 spiro atoms. The molecule has 7 nitrogen and oxygen atoms in total. The van der Waals surface area contributed by atoms with Gasteiger partial charge < -0.3 is 5.11 Å². The van der Waals surface area contributed by atoms with Crippen LogP contribution >= 0.6 is 11.6 Å². The van der Waals surface area contributed by atoms with Crippen molar-refractivity contribution in [3.8, 4) is 23.1 Å². The van der Waals surface area contributed by atoms with Crippen LogP contribution in [0.15, 0.2) is 52.4 Å². The van der Waals surface area contributed by atoms with Gasteiger partial charge in [-0.3, -0.25) is 9.78 Å². The van der Waals surface area contributed by atoms with E-state index in [4.69, 9.17) is 11.6 Å². The minimum absolute atomic E-state index is 0.0132. The van der Waals surface area contributed by atoms with E-state index in [0.717, 1.165) is 0 Å². The fourth-order valence-corrected chi connectivity index (χ4v) is 2.55. The van der Waals surface area contributed by atoms with Crippen molar-refractivity contribution in [3.05, 3.63) is 74.5 Å². The molecule has 0 unspecified atom stereocenters. The minimum Gasteiger partial charge on any atom is -0.507 e. The zero-order valence-corrected chi connectivity index (χ0v) is 14.9. The Morgan fingerprint density at radius 2 is 2.04 bits per heavy atom. The molecular weight excluding hydrogens is 366 g/mol. The summed E-state index contributed by atoms with van der Waals surface area (Å²) in [7, 11) is 0. The molecule has 3 rings (SSSR count). The van der Waals surface area contributed by atoms with E-state index in [9.17, 15) is 15.2 Å². The molecule has 0 atom stereocenters. The molecule has 3 aromatic rings. The number of hydrogen-bond donors (Lipinski definition) is 3. The molecule has 3 N–H and O–H groups in total. The monoisotopic (exact) mass is 379 g/mol. The number of aromatic nitrogens is 2. The average molecular weight is 380 g/mol. The second-order valence-corrected chi connectivity index (χ2v) is 6.00. The Kier molecular flexibility index (Phi) is 5.20. The molecule has 0 saturated carbocycles. The number of hydrogen-bond acceptors (Lipinski definition) is 6. The van der Waals surface area contributed by atoms with Crippen molar-refractivity contribution in [1.29, 1.82) is 5.26 Å². The summed E-state index contributed by atoms with van der Waals surface area (Å²) >= 11 is 5.94. The molecule has 1 heterocycles. The number of H-pyrrole nitrogens is 1. The lowest BCUT2D eigenvalue weighted by atomic mass is 10.1. The van der Waals surface area contributed by atoms with E-state index in [1.165, 1.54) is 6.21 Å². The molecule has 1 aromatic heterocycles. The lowest BCUT2D eigenvalue weighted by Crippen LogP contribution is -2.16. The molecule has 0 bridgehead atoms. The van der Waals surface area contributed by atoms with Crippen LogP contribution in [0.3, 0.4) is 0 Å². The maximum Gasteiger partial charge on any atom is 0.270 e. The zero-order valence-electron chi connectivity index (χ0n) is 14.2. The van der Waals surface area contributed by atoms with E-state index in [1.54, 1.807) is 43.3 Å². The maximum absolute atomic E-state index is 12.2. The minimum atomic E-state index is -0.575. The summed E-state index contributed by atoms with van der Waals surface area (Å²) in [6, 6.07) is 14.0. The zero-order chi connectivity index (χ0) is 19.4. The van der Waals surface area contributed by atoms with Gasteiger partial charge in [0, 0.05) is 21.7 Å². The van der Waals surface area contributed by atoms with E-state index in [-0.39, 0.29) is 23.0 Å². The molecule has 0 amide bonds. The van der Waals surface area contributed by atoms with E-state index in [1.807, 2.05) is 12.1 Å². The quantitative estimate of drug-likeness (QED) is 0.474. The number of aromatic hydroxyl groups is 1. The van der Waals surface area contributed by atoms with Gasteiger partial charge in [-0.15, -0.1) is 0 Å². The third-order valence-electron chi connectivity index (χ3n) is 3.85. The van der Waals surface area contributed by atoms with Gasteiger partial charge >= 0.3 is 0 Å². The van der Waals surface area contributed by atoms with Crippen molar-refractivity contribution in [2.45, 2.75) is 6.92 Å². The number of nitrogens with one attached hydrogen (secondary N) is 2. The second kappa shape index (κ2) is 7.72. The summed E-state index contributed by atoms with van der Waals surface area (Å²) in [6.45, 7) is 1.69. The summed E-state index contributed by atoms with van der Waals surface area (Å²) in [5, 5.41) is 23.8. The Hall–Kier alpha value is -3.63. The molecule has 8 heteroatoms. The number of halogens is 1. The highest BCUT2D eigenvalue weighted by molar-refractivity contribution is 6.31. The van der Waals surface area contributed by atoms with Gasteiger partial charge in [-0.05, 0) is 19.1 Å². The fourth-order valence-electron chi connectivity index (χ4n) is 2.40. The number of nitriles is 1. The average Bonchev–Trinajstić information content (AvgIpc) is 2.68. The van der Waals surface area contributed by atoms with Gasteiger partial charge in [-0.1, -0.05) is 41.9 Å². The highest BCUT2D eigenvalue weighted by Gasteiger charge is 2.13. The van der Waals surface area contributed by atoms with E-state index in [2.05, 4.69) is 20.5 Å². The first-order valence-electron chi connectivity index (χ1n) is 7.88. The Balaban J connectivity index is 1.93. The summed E-state index contributed by atoms with van der Waals surface area (Å²) < 4.78 is 0. The van der Waals surface area contributed by atoms with Crippen LogP contribution in [-0.4, -0.2) is 21.3 Å². The SMILES string of the molecule is Cc1c(Cl)ccc(C=NNc2nc(-c3ccccc3)c(C#N)c(=O)[nH]2)c1O. The number of anilines is 1. The number of rotatable bonds is 4. The predicted octanol–water partition coefficient (Wildman–Crippen LogP) is 3.42. The van der Waals surface area contributed by atoms with Crippen LogP contribution in [-0.2, 0) is 0 Å². The lowest BCUT2D eigenvalue weighted by Gasteiger charge is -2.06. The first-order valence-corrected chi connectivity index (χ1v) is 8.26. The molecule has 0 saturated heterocycles. The van der Waals surface area contributed by atoms with Crippen molar-refractivity contribution in [2.75, 3.05) is 5.43 Å². The number of nitrogens with zero attached hydrogens (tertiary/aromatic N) is 3. The van der Waals surface area contributed by atoms with Crippen molar-refractivity contribution in [3.63, 3.8) is 0 Å². The van der Waals surface area contributed by atoms with Crippen molar-refractivity contribution < 1.29 is 5.11 Å². The van der Waals surface area contributed by atoms with Crippen LogP contribution < -0.4 is 11.0 Å². The van der Waals surface area contributed by atoms with Crippen LogP contribution in [0.1, 0.15) is 16.7 Å². The van der Waals surface area contributed by atoms with Gasteiger partial charge in [0.05, 0.1) is 11.9 Å². The van der Waals surface area contributed by atoms with Gasteiger partial charge in [0.1, 0.15) is 17.4 Å². The molecule has 0 fully saturated rings. The summed E-state index contributed by atoms with van der Waals surface area (Å²) in [5.74, 6) is 0.0820. The largest absolute Gasteiger partial charge is 0.507 e. The number of hydrazone groups is 1. The second-order valence-electron chi connectivity index (χ2n) is 5.60. The van der Waals surface area contributed by atoms with Gasteiger partial charge in [0.25, 0.3) is 5.56 Å². The maximum atomic E-state index is 12.2. The molecular formula is C19H14ClN5O2. The Bertz CT molecular complexity index is 1120. The van der Waals surface area contributed by atoms with Crippen LogP contribution in [0.25, 0.3) is 11.3 Å². The third kappa shape index (κ3) is 3.81. The highest BCUT2D eigenvalue weighted by atomic mass is 35.5. The van der Waals surface area contributed by atoms with Crippen molar-refractivity contribution in [1.82, 2.24) is 9.97 Å². The fraction of sp³-hybridized carbons (Fsp3) is 0.0526. The molecule has 27 heavy (non-hydrogen) atoms. The summed E-state index contributed by atoms with van der Waals surface area (Å²) in [6.07, 6.45) is 1.37. The van der Waals surface area contributed by atoms with Gasteiger partial charge in [-0.2, -0.15) is 10.4 Å². The molecule has 134 valence electrons. The number of aromatic amines is 1. The van der Waals surface area contributed by atoms with Crippen LogP contribution in [0.2, 0.25) is 5.02 Å². The van der Waals surface area contributed by atoms with Crippen LogP contribution in [0.5, 0.6) is 5.75 Å².